The molecule has 0 saturated heterocycles. The zero-order valence-corrected chi connectivity index (χ0v) is 45.5. The van der Waals surface area contributed by atoms with Crippen LogP contribution in [0.1, 0.15) is 5.56 Å². The van der Waals surface area contributed by atoms with Gasteiger partial charge < -0.3 is 18.3 Å². The highest BCUT2D eigenvalue weighted by molar-refractivity contribution is 6.16. The molecule has 0 unspecified atom stereocenters. The quantitative estimate of drug-likeness (QED) is 0.150. The minimum absolute atomic E-state index is 0.533. The van der Waals surface area contributed by atoms with Crippen LogP contribution in [-0.4, -0.2) is 18.3 Å². The van der Waals surface area contributed by atoms with Crippen LogP contribution in [0, 0.1) is 11.3 Å². The van der Waals surface area contributed by atoms with Crippen LogP contribution in [-0.2, 0) is 0 Å². The molecule has 17 aromatic rings. The van der Waals surface area contributed by atoms with Gasteiger partial charge in [0.2, 0.25) is 0 Å². The predicted molar refractivity (Wildman–Crippen MR) is 350 cm³/mol. The highest BCUT2D eigenvalue weighted by atomic mass is 15.1. The fourth-order valence-corrected chi connectivity index (χ4v) is 13.7. The van der Waals surface area contributed by atoms with E-state index in [4.69, 9.17) is 0 Å². The molecular weight excluding hydrogens is 1020 g/mol. The van der Waals surface area contributed by atoms with E-state index in [9.17, 15) is 5.26 Å². The van der Waals surface area contributed by atoms with Crippen molar-refractivity contribution in [1.29, 1.82) is 5.26 Å². The first-order valence-electron chi connectivity index (χ1n) is 28.6. The Hall–Kier alpha value is -11.5. The van der Waals surface area contributed by atoms with Crippen molar-refractivity contribution in [3.05, 3.63) is 303 Å². The van der Waals surface area contributed by atoms with Crippen LogP contribution in [0.5, 0.6) is 0 Å². The first kappa shape index (κ1) is 47.4. The highest BCUT2D eigenvalue weighted by Crippen LogP contribution is 2.48. The topological polar surface area (TPSA) is 43.5 Å². The summed E-state index contributed by atoms with van der Waals surface area (Å²) in [5, 5.41) is 21.8. The van der Waals surface area contributed by atoms with Crippen molar-refractivity contribution >= 4 is 87.2 Å². The van der Waals surface area contributed by atoms with Gasteiger partial charge in [0.05, 0.1) is 66.9 Å². The number of hydrogen-bond acceptors (Lipinski definition) is 1. The molecule has 0 radical (unpaired) electrons. The van der Waals surface area contributed by atoms with Gasteiger partial charge in [0.15, 0.2) is 0 Å². The molecule has 390 valence electrons. The van der Waals surface area contributed by atoms with Gasteiger partial charge in [0.1, 0.15) is 11.6 Å². The van der Waals surface area contributed by atoms with Gasteiger partial charge in [-0.15, -0.1) is 0 Å². The molecule has 0 fully saturated rings. The van der Waals surface area contributed by atoms with E-state index in [1.807, 2.05) is 0 Å². The molecule has 4 aromatic heterocycles. The van der Waals surface area contributed by atoms with Gasteiger partial charge in [0.25, 0.3) is 0 Å². The Morgan fingerprint density at radius 1 is 0.202 bits per heavy atom. The number of hydrogen-bond donors (Lipinski definition) is 0. The molecule has 0 aliphatic rings. The van der Waals surface area contributed by atoms with Gasteiger partial charge >= 0.3 is 0 Å². The van der Waals surface area contributed by atoms with Crippen molar-refractivity contribution in [3.8, 4) is 73.3 Å². The second kappa shape index (κ2) is 18.8. The average molecular weight is 1070 g/mol. The fraction of sp³-hybridized carbons (Fsp3) is 0. The number of benzene rings is 13. The highest BCUT2D eigenvalue weighted by Gasteiger charge is 2.31. The van der Waals surface area contributed by atoms with E-state index in [1.54, 1.807) is 0 Å². The Labute approximate surface area is 484 Å². The van der Waals surface area contributed by atoms with Gasteiger partial charge in [-0.2, -0.15) is 5.26 Å². The number of nitrogens with zero attached hydrogens (tertiary/aromatic N) is 5. The Bertz CT molecular complexity index is 5200. The van der Waals surface area contributed by atoms with Crippen molar-refractivity contribution in [2.75, 3.05) is 0 Å². The molecule has 5 nitrogen and oxygen atoms in total. The van der Waals surface area contributed by atoms with Crippen molar-refractivity contribution in [2.45, 2.75) is 0 Å². The maximum atomic E-state index is 12.9. The van der Waals surface area contributed by atoms with Crippen LogP contribution in [0.25, 0.3) is 154 Å². The lowest BCUT2D eigenvalue weighted by Crippen LogP contribution is -2.13. The van der Waals surface area contributed by atoms with Crippen LogP contribution in [0.3, 0.4) is 0 Å². The zero-order valence-electron chi connectivity index (χ0n) is 45.5. The lowest BCUT2D eigenvalue weighted by Gasteiger charge is -2.25. The van der Waals surface area contributed by atoms with E-state index < -0.39 is 0 Å². The third-order valence-corrected chi connectivity index (χ3v) is 17.4. The molecule has 17 rings (SSSR count). The number of aromatic nitrogens is 4. The van der Waals surface area contributed by atoms with E-state index in [-0.39, 0.29) is 0 Å². The Morgan fingerprint density at radius 2 is 0.440 bits per heavy atom. The van der Waals surface area contributed by atoms with Gasteiger partial charge in [-0.25, -0.2) is 0 Å². The second-order valence-electron chi connectivity index (χ2n) is 21.9. The van der Waals surface area contributed by atoms with E-state index >= 15 is 0 Å². The largest absolute Gasteiger partial charge is 0.307 e. The molecule has 0 aliphatic heterocycles. The third-order valence-electron chi connectivity index (χ3n) is 17.4. The van der Waals surface area contributed by atoms with Crippen LogP contribution < -0.4 is 0 Å². The fourth-order valence-electron chi connectivity index (χ4n) is 13.7. The van der Waals surface area contributed by atoms with Gasteiger partial charge in [0, 0.05) is 43.1 Å². The van der Waals surface area contributed by atoms with Crippen LogP contribution >= 0.6 is 0 Å². The number of para-hydroxylation sites is 4. The lowest BCUT2D eigenvalue weighted by atomic mass is 10.0. The molecule has 0 saturated carbocycles. The maximum Gasteiger partial charge on any atom is 0.104 e. The Morgan fingerprint density at radius 3 is 0.726 bits per heavy atom. The smallest absolute Gasteiger partial charge is 0.104 e. The summed E-state index contributed by atoms with van der Waals surface area (Å²) >= 11 is 0. The lowest BCUT2D eigenvalue weighted by molar-refractivity contribution is 1.03. The monoisotopic (exact) mass is 1070 g/mol. The molecule has 84 heavy (non-hydrogen) atoms. The number of nitriles is 1. The molecule has 4 heterocycles. The predicted octanol–water partition coefficient (Wildman–Crippen LogP) is 20.6. The van der Waals surface area contributed by atoms with Crippen LogP contribution in [0.2, 0.25) is 0 Å². The first-order chi connectivity index (χ1) is 41.7. The molecule has 0 amide bonds. The molecule has 0 aliphatic carbocycles. The summed E-state index contributed by atoms with van der Waals surface area (Å²) in [5.74, 6) is 0. The summed E-state index contributed by atoms with van der Waals surface area (Å²) in [6, 6.07) is 110. The summed E-state index contributed by atoms with van der Waals surface area (Å²) in [5.41, 5.74) is 21.1. The van der Waals surface area contributed by atoms with E-state index in [2.05, 4.69) is 322 Å². The van der Waals surface area contributed by atoms with Crippen molar-refractivity contribution in [1.82, 2.24) is 18.3 Å². The first-order valence-corrected chi connectivity index (χ1v) is 28.6. The SMILES string of the molecule is N#Cc1c(-n2c3ccccc3c3cc(-c4ccccc4)ccc32)c(-n2c3ccccc3c3cc(-c4ccccc4)ccc32)cc(-n2c3ccccc3c3cc(-c4ccccc4)ccc32)c1-n1c2ccccc2c2cc(-c3ccccc3)ccc21. The molecule has 0 spiro atoms. The van der Waals surface area contributed by atoms with Crippen LogP contribution in [0.4, 0.5) is 0 Å². The van der Waals surface area contributed by atoms with Gasteiger partial charge in [-0.05, 0) is 123 Å². The number of fused-ring (bicyclic) bond motifs is 12. The van der Waals surface area contributed by atoms with Crippen molar-refractivity contribution < 1.29 is 0 Å². The van der Waals surface area contributed by atoms with Crippen molar-refractivity contribution in [2.24, 2.45) is 0 Å². The molecule has 0 atom stereocenters. The van der Waals surface area contributed by atoms with Crippen molar-refractivity contribution in [3.63, 3.8) is 0 Å². The van der Waals surface area contributed by atoms with E-state index in [0.29, 0.717) is 5.56 Å². The second-order valence-corrected chi connectivity index (χ2v) is 21.9. The Kier molecular flexibility index (Phi) is 10.6. The van der Waals surface area contributed by atoms with E-state index in [0.717, 1.165) is 154 Å². The standard InChI is InChI=1S/C79H49N5/c80-50-67-78(83-70-35-19-15-31-61(70)65-47-57(39-43-74(65)83)53-25-9-3-10-26-53)76(81-68-33-17-13-29-59(68)63-45-55(37-41-72(63)81)51-21-5-1-6-22-51)49-77(82-69-34-18-14-30-60(69)64-46-56(38-42-73(64)82)52-23-7-2-8-24-52)79(67)84-71-36-20-16-32-62(71)66-48-58(40-44-75(66)84)54-27-11-4-12-28-54/h1-49H. The maximum absolute atomic E-state index is 12.9. The van der Waals surface area contributed by atoms with Gasteiger partial charge in [-0.3, -0.25) is 0 Å². The van der Waals surface area contributed by atoms with Gasteiger partial charge in [-0.1, -0.05) is 218 Å². The molecule has 0 bridgehead atoms. The van der Waals surface area contributed by atoms with Crippen LogP contribution in [0.15, 0.2) is 297 Å². The summed E-state index contributed by atoms with van der Waals surface area (Å²) in [6.45, 7) is 0. The minimum Gasteiger partial charge on any atom is -0.307 e. The molecular formula is C79H49N5. The summed E-state index contributed by atoms with van der Waals surface area (Å²) in [6.07, 6.45) is 0. The number of rotatable bonds is 8. The van der Waals surface area contributed by atoms with E-state index in [1.165, 1.54) is 0 Å². The normalized spacial score (nSPS) is 11.8. The molecule has 0 N–H and O–H groups in total. The zero-order chi connectivity index (χ0) is 55.4. The average Bonchev–Trinajstić information content (AvgIpc) is 1.97. The molecule has 13 aromatic carbocycles. The Balaban J connectivity index is 1.09. The summed E-state index contributed by atoms with van der Waals surface area (Å²) in [7, 11) is 0. The summed E-state index contributed by atoms with van der Waals surface area (Å²) in [4.78, 5) is 0. The third kappa shape index (κ3) is 7.14. The summed E-state index contributed by atoms with van der Waals surface area (Å²) < 4.78 is 9.64. The minimum atomic E-state index is 0.533. The molecule has 5 heteroatoms.